The summed E-state index contributed by atoms with van der Waals surface area (Å²) in [6.45, 7) is 4.86. The molecule has 5 heteroatoms. The van der Waals surface area contributed by atoms with Crippen molar-refractivity contribution < 1.29 is 4.79 Å². The molecule has 1 heterocycles. The number of likely N-dealkylation sites (N-methyl/N-ethyl adjacent to an activating group) is 1. The first-order chi connectivity index (χ1) is 9.48. The number of nitrogens with two attached hydrogens (primary N) is 1. The Labute approximate surface area is 120 Å². The van der Waals surface area contributed by atoms with Gasteiger partial charge >= 0.3 is 0 Å². The number of carbonyl (C=O) groups is 1. The third-order valence-electron chi connectivity index (χ3n) is 4.58. The molecule has 0 bridgehead atoms. The van der Waals surface area contributed by atoms with Gasteiger partial charge in [-0.1, -0.05) is 0 Å². The number of amides is 1. The van der Waals surface area contributed by atoms with Crippen LogP contribution in [-0.2, 0) is 24.2 Å². The van der Waals surface area contributed by atoms with Gasteiger partial charge in [0.15, 0.2) is 0 Å². The van der Waals surface area contributed by atoms with E-state index in [4.69, 9.17) is 5.73 Å². The number of fused-ring (bicyclic) bond motifs is 1. The lowest BCUT2D eigenvalue weighted by Crippen LogP contribution is -2.51. The number of nitrogens with one attached hydrogen (secondary N) is 1. The van der Waals surface area contributed by atoms with Crippen molar-refractivity contribution in [3.63, 3.8) is 0 Å². The van der Waals surface area contributed by atoms with Crippen molar-refractivity contribution in [1.29, 1.82) is 0 Å². The first-order valence-corrected chi connectivity index (χ1v) is 7.51. The zero-order valence-corrected chi connectivity index (χ0v) is 12.8. The lowest BCUT2D eigenvalue weighted by atomic mass is 9.95. The van der Waals surface area contributed by atoms with Crippen molar-refractivity contribution in [2.75, 3.05) is 7.05 Å². The van der Waals surface area contributed by atoms with Crippen molar-refractivity contribution in [2.24, 2.45) is 5.73 Å². The number of imidazole rings is 1. The summed E-state index contributed by atoms with van der Waals surface area (Å²) in [5, 5.41) is 3.04. The second kappa shape index (κ2) is 5.95. The average Bonchev–Trinajstić information content (AvgIpc) is 2.74. The van der Waals surface area contributed by atoms with Crippen LogP contribution in [0.4, 0.5) is 0 Å². The maximum absolute atomic E-state index is 11.5. The van der Waals surface area contributed by atoms with Crippen LogP contribution in [0.25, 0.3) is 0 Å². The van der Waals surface area contributed by atoms with Crippen LogP contribution in [0.2, 0.25) is 0 Å². The molecule has 1 aromatic heterocycles. The summed E-state index contributed by atoms with van der Waals surface area (Å²) < 4.78 is 2.32. The minimum absolute atomic E-state index is 0.288. The van der Waals surface area contributed by atoms with Crippen molar-refractivity contribution in [2.45, 2.75) is 64.5 Å². The van der Waals surface area contributed by atoms with Crippen LogP contribution in [0.5, 0.6) is 0 Å². The molecule has 0 spiro atoms. The predicted molar refractivity (Wildman–Crippen MR) is 79.5 cm³/mol. The van der Waals surface area contributed by atoms with E-state index in [0.29, 0.717) is 0 Å². The number of nitrogens with zero attached hydrogens (tertiary/aromatic N) is 2. The highest BCUT2D eigenvalue weighted by atomic mass is 16.1. The number of rotatable bonds is 6. The number of hydrogen-bond acceptors (Lipinski definition) is 3. The van der Waals surface area contributed by atoms with E-state index in [-0.39, 0.29) is 5.91 Å². The van der Waals surface area contributed by atoms with Gasteiger partial charge in [0.25, 0.3) is 0 Å². The van der Waals surface area contributed by atoms with Crippen LogP contribution in [-0.4, -0.2) is 28.0 Å². The van der Waals surface area contributed by atoms with Gasteiger partial charge in [0.05, 0.1) is 11.2 Å². The fraction of sp³-hybridized carbons (Fsp3) is 0.733. The molecule has 112 valence electrons. The van der Waals surface area contributed by atoms with Gasteiger partial charge in [0, 0.05) is 12.2 Å². The standard InChI is InChI=1S/C15H26N4O/c1-11-18-12-7-4-5-8-13(12)19(11)10-6-9-15(2,17-3)14(16)20/h17H,4-10H2,1-3H3,(H2,16,20). The molecule has 3 N–H and O–H groups in total. The van der Waals surface area contributed by atoms with Gasteiger partial charge in [0.2, 0.25) is 5.91 Å². The third kappa shape index (κ3) is 2.87. The quantitative estimate of drug-likeness (QED) is 0.824. The monoisotopic (exact) mass is 278 g/mol. The highest BCUT2D eigenvalue weighted by Crippen LogP contribution is 2.23. The number of hydrogen-bond donors (Lipinski definition) is 2. The van der Waals surface area contributed by atoms with E-state index in [9.17, 15) is 4.79 Å². The Morgan fingerprint density at radius 2 is 2.15 bits per heavy atom. The topological polar surface area (TPSA) is 72.9 Å². The minimum Gasteiger partial charge on any atom is -0.368 e. The summed E-state index contributed by atoms with van der Waals surface area (Å²) >= 11 is 0. The summed E-state index contributed by atoms with van der Waals surface area (Å²) in [4.78, 5) is 16.2. The molecule has 1 amide bonds. The molecular weight excluding hydrogens is 252 g/mol. The van der Waals surface area contributed by atoms with Gasteiger partial charge in [0.1, 0.15) is 5.82 Å². The van der Waals surface area contributed by atoms with Crippen LogP contribution in [0, 0.1) is 6.92 Å². The van der Waals surface area contributed by atoms with E-state index in [0.717, 1.165) is 38.1 Å². The van der Waals surface area contributed by atoms with Crippen LogP contribution >= 0.6 is 0 Å². The normalized spacial score (nSPS) is 17.6. The SMILES string of the molecule is CNC(C)(CCCn1c(C)nc2c1CCCC2)C(N)=O. The molecule has 1 aliphatic rings. The van der Waals surface area contributed by atoms with Crippen molar-refractivity contribution in [1.82, 2.24) is 14.9 Å². The highest BCUT2D eigenvalue weighted by Gasteiger charge is 2.28. The number of carbonyl (C=O) groups excluding carboxylic acids is 1. The summed E-state index contributed by atoms with van der Waals surface area (Å²) in [5.41, 5.74) is 7.52. The molecule has 0 saturated heterocycles. The second-order valence-corrected chi connectivity index (χ2v) is 5.96. The molecule has 1 unspecified atom stereocenters. The summed E-state index contributed by atoms with van der Waals surface area (Å²) in [6, 6.07) is 0. The molecule has 2 rings (SSSR count). The van der Waals surface area contributed by atoms with Crippen molar-refractivity contribution >= 4 is 5.91 Å². The second-order valence-electron chi connectivity index (χ2n) is 5.96. The van der Waals surface area contributed by atoms with Gasteiger partial charge < -0.3 is 15.6 Å². The molecule has 0 radical (unpaired) electrons. The van der Waals surface area contributed by atoms with Crippen LogP contribution in [0.15, 0.2) is 0 Å². The summed E-state index contributed by atoms with van der Waals surface area (Å²) in [7, 11) is 1.79. The van der Waals surface area contributed by atoms with Gasteiger partial charge in [-0.05, 0) is 59.4 Å². The number of primary amides is 1. The molecule has 1 atom stereocenters. The largest absolute Gasteiger partial charge is 0.368 e. The van der Waals surface area contributed by atoms with Crippen LogP contribution in [0.1, 0.15) is 49.8 Å². The summed E-state index contributed by atoms with van der Waals surface area (Å²) in [5.74, 6) is 0.812. The zero-order chi connectivity index (χ0) is 14.8. The highest BCUT2D eigenvalue weighted by molar-refractivity contribution is 5.84. The van der Waals surface area contributed by atoms with E-state index in [1.807, 2.05) is 6.92 Å². The zero-order valence-electron chi connectivity index (χ0n) is 12.8. The third-order valence-corrected chi connectivity index (χ3v) is 4.58. The maximum atomic E-state index is 11.5. The Bertz CT molecular complexity index is 494. The molecule has 1 aliphatic carbocycles. The van der Waals surface area contributed by atoms with E-state index < -0.39 is 5.54 Å². The Morgan fingerprint density at radius 3 is 2.80 bits per heavy atom. The molecule has 0 aromatic carbocycles. The number of aryl methyl sites for hydroxylation is 2. The van der Waals surface area contributed by atoms with E-state index in [1.54, 1.807) is 7.05 Å². The molecule has 20 heavy (non-hydrogen) atoms. The molecule has 0 fully saturated rings. The predicted octanol–water partition coefficient (Wildman–Crippen LogP) is 1.31. The van der Waals surface area contributed by atoms with Crippen LogP contribution in [0.3, 0.4) is 0 Å². The molecule has 0 aliphatic heterocycles. The fourth-order valence-electron chi connectivity index (χ4n) is 2.99. The fourth-order valence-corrected chi connectivity index (χ4v) is 2.99. The Balaban J connectivity index is 2.01. The van der Waals surface area contributed by atoms with Crippen molar-refractivity contribution in [3.05, 3.63) is 17.2 Å². The smallest absolute Gasteiger partial charge is 0.237 e. The van der Waals surface area contributed by atoms with E-state index in [1.165, 1.54) is 24.2 Å². The van der Waals surface area contributed by atoms with E-state index in [2.05, 4.69) is 21.8 Å². The lowest BCUT2D eigenvalue weighted by molar-refractivity contribution is -0.123. The molecule has 5 nitrogen and oxygen atoms in total. The van der Waals surface area contributed by atoms with Gasteiger partial charge in [-0.2, -0.15) is 0 Å². The van der Waals surface area contributed by atoms with Crippen molar-refractivity contribution in [3.8, 4) is 0 Å². The van der Waals surface area contributed by atoms with Gasteiger partial charge in [-0.15, -0.1) is 0 Å². The first-order valence-electron chi connectivity index (χ1n) is 7.51. The van der Waals surface area contributed by atoms with Crippen LogP contribution < -0.4 is 11.1 Å². The average molecular weight is 278 g/mol. The Kier molecular flexibility index (Phi) is 4.48. The van der Waals surface area contributed by atoms with E-state index >= 15 is 0 Å². The minimum atomic E-state index is -0.617. The molecule has 0 saturated carbocycles. The molecular formula is C15H26N4O. The summed E-state index contributed by atoms with van der Waals surface area (Å²) in [6.07, 6.45) is 6.42. The van der Waals surface area contributed by atoms with Gasteiger partial charge in [-0.3, -0.25) is 4.79 Å². The number of aromatic nitrogens is 2. The Morgan fingerprint density at radius 1 is 1.45 bits per heavy atom. The lowest BCUT2D eigenvalue weighted by Gasteiger charge is -2.25. The van der Waals surface area contributed by atoms with Gasteiger partial charge in [-0.25, -0.2) is 4.98 Å². The molecule has 1 aromatic rings. The first kappa shape index (κ1) is 15.0. The maximum Gasteiger partial charge on any atom is 0.237 e. The Hall–Kier alpha value is -1.36.